The first-order chi connectivity index (χ1) is 8.61. The maximum absolute atomic E-state index is 12.2. The monoisotopic (exact) mass is 249 g/mol. The van der Waals surface area contributed by atoms with Gasteiger partial charge in [0.15, 0.2) is 0 Å². The number of carbonyl (C=O) groups is 1. The number of aromatic hydroxyl groups is 1. The van der Waals surface area contributed by atoms with Crippen LogP contribution in [0.2, 0.25) is 0 Å². The molecule has 98 valence electrons. The number of nitrogens with one attached hydrogen (secondary N) is 1. The Morgan fingerprint density at radius 2 is 2.33 bits per heavy atom. The van der Waals surface area contributed by atoms with Gasteiger partial charge >= 0.3 is 0 Å². The smallest absolute Gasteiger partial charge is 0.251 e. The summed E-state index contributed by atoms with van der Waals surface area (Å²) < 4.78 is 5.54. The van der Waals surface area contributed by atoms with Gasteiger partial charge in [0.25, 0.3) is 5.91 Å². The van der Waals surface area contributed by atoms with Crippen molar-refractivity contribution in [3.8, 4) is 5.75 Å². The third-order valence-corrected chi connectivity index (χ3v) is 3.39. The van der Waals surface area contributed by atoms with Gasteiger partial charge in [-0.25, -0.2) is 0 Å². The molecule has 0 aromatic heterocycles. The first kappa shape index (κ1) is 12.9. The number of aryl methyl sites for hydroxylation is 1. The summed E-state index contributed by atoms with van der Waals surface area (Å²) in [6.45, 7) is 4.61. The van der Waals surface area contributed by atoms with Gasteiger partial charge in [0.2, 0.25) is 0 Å². The number of carbonyl (C=O) groups excluding carboxylic acids is 1. The van der Waals surface area contributed by atoms with Crippen LogP contribution in [0.25, 0.3) is 0 Å². The van der Waals surface area contributed by atoms with Crippen LogP contribution in [0.4, 0.5) is 0 Å². The Labute approximate surface area is 107 Å². The Balaban J connectivity index is 2.09. The molecule has 2 N–H and O–H groups in total. The van der Waals surface area contributed by atoms with E-state index in [9.17, 15) is 9.90 Å². The molecule has 0 unspecified atom stereocenters. The first-order valence-corrected chi connectivity index (χ1v) is 6.34. The van der Waals surface area contributed by atoms with E-state index in [0.29, 0.717) is 12.2 Å². The van der Waals surface area contributed by atoms with E-state index < -0.39 is 0 Å². The molecule has 1 fully saturated rings. The van der Waals surface area contributed by atoms with E-state index in [0.717, 1.165) is 18.4 Å². The van der Waals surface area contributed by atoms with E-state index in [1.54, 1.807) is 12.1 Å². The summed E-state index contributed by atoms with van der Waals surface area (Å²) in [7, 11) is 0. The number of ether oxygens (including phenoxy) is 1. The molecule has 18 heavy (non-hydrogen) atoms. The fourth-order valence-corrected chi connectivity index (χ4v) is 2.32. The summed E-state index contributed by atoms with van der Waals surface area (Å²) in [5, 5.41) is 12.4. The van der Waals surface area contributed by atoms with Crippen LogP contribution in [-0.2, 0) is 4.74 Å². The molecule has 4 heteroatoms. The Hall–Kier alpha value is -1.55. The molecule has 4 nitrogen and oxygen atoms in total. The zero-order valence-electron chi connectivity index (χ0n) is 10.8. The number of hydrogen-bond donors (Lipinski definition) is 2. The van der Waals surface area contributed by atoms with Crippen molar-refractivity contribution in [1.82, 2.24) is 5.32 Å². The van der Waals surface area contributed by atoms with Crippen molar-refractivity contribution in [2.24, 2.45) is 0 Å². The highest BCUT2D eigenvalue weighted by Crippen LogP contribution is 2.19. The molecule has 1 aliphatic heterocycles. The Kier molecular flexibility index (Phi) is 3.87. The second kappa shape index (κ2) is 5.40. The molecule has 1 saturated heterocycles. The van der Waals surface area contributed by atoms with E-state index in [1.807, 2.05) is 6.92 Å². The molecule has 1 heterocycles. The molecule has 1 amide bonds. The van der Waals surface area contributed by atoms with Crippen LogP contribution < -0.4 is 5.32 Å². The molecule has 0 saturated carbocycles. The fourth-order valence-electron chi connectivity index (χ4n) is 2.32. The lowest BCUT2D eigenvalue weighted by molar-refractivity contribution is 0.0808. The molecule has 0 radical (unpaired) electrons. The number of rotatable bonds is 3. The average Bonchev–Trinajstić information content (AvgIpc) is 2.79. The van der Waals surface area contributed by atoms with Gasteiger partial charge in [-0.2, -0.15) is 0 Å². The van der Waals surface area contributed by atoms with Crippen molar-refractivity contribution in [2.75, 3.05) is 6.61 Å². The Morgan fingerprint density at radius 3 is 3.06 bits per heavy atom. The number of phenolic OH excluding ortho intramolecular Hbond substituents is 1. The zero-order valence-corrected chi connectivity index (χ0v) is 10.8. The predicted molar refractivity (Wildman–Crippen MR) is 68.7 cm³/mol. The van der Waals surface area contributed by atoms with Gasteiger partial charge in [-0.1, -0.05) is 13.0 Å². The summed E-state index contributed by atoms with van der Waals surface area (Å²) >= 11 is 0. The normalized spacial score (nSPS) is 23.0. The van der Waals surface area contributed by atoms with Crippen LogP contribution in [0.15, 0.2) is 18.2 Å². The first-order valence-electron chi connectivity index (χ1n) is 6.34. The van der Waals surface area contributed by atoms with Crippen LogP contribution in [0, 0.1) is 6.92 Å². The lowest BCUT2D eigenvalue weighted by atomic mass is 10.0. The van der Waals surface area contributed by atoms with Crippen LogP contribution in [0.5, 0.6) is 5.75 Å². The standard InChI is InChI=1S/C14H19NO3/c1-3-13-12(6-7-18-13)15-14(17)11-8-10(16)5-4-9(11)2/h4-5,8,12-13,16H,3,6-7H2,1-2H3,(H,15,17)/t12-,13+/m1/s1. The van der Waals surface area contributed by atoms with E-state index in [1.165, 1.54) is 6.07 Å². The topological polar surface area (TPSA) is 58.6 Å². The van der Waals surface area contributed by atoms with Gasteiger partial charge in [0, 0.05) is 12.2 Å². The summed E-state index contributed by atoms with van der Waals surface area (Å²) in [6.07, 6.45) is 1.85. The SMILES string of the molecule is CC[C@@H]1OCC[C@H]1NC(=O)c1cc(O)ccc1C. The van der Waals surface area contributed by atoms with E-state index in [4.69, 9.17) is 4.74 Å². The van der Waals surface area contributed by atoms with Crippen molar-refractivity contribution >= 4 is 5.91 Å². The molecule has 0 bridgehead atoms. The zero-order chi connectivity index (χ0) is 13.1. The summed E-state index contributed by atoms with van der Waals surface area (Å²) in [4.78, 5) is 12.2. The minimum absolute atomic E-state index is 0.0734. The summed E-state index contributed by atoms with van der Waals surface area (Å²) in [5.74, 6) is -0.0298. The Bertz CT molecular complexity index is 445. The number of hydrogen-bond acceptors (Lipinski definition) is 3. The molecule has 1 aromatic carbocycles. The lowest BCUT2D eigenvalue weighted by Gasteiger charge is -2.19. The second-order valence-corrected chi connectivity index (χ2v) is 4.69. The summed E-state index contributed by atoms with van der Waals surface area (Å²) in [5.41, 5.74) is 1.38. The maximum atomic E-state index is 12.2. The van der Waals surface area contributed by atoms with E-state index >= 15 is 0 Å². The number of amides is 1. The predicted octanol–water partition coefficient (Wildman–Crippen LogP) is 2.00. The van der Waals surface area contributed by atoms with Crippen LogP contribution >= 0.6 is 0 Å². The van der Waals surface area contributed by atoms with Gasteiger partial charge < -0.3 is 15.2 Å². The van der Waals surface area contributed by atoms with Crippen molar-refractivity contribution in [2.45, 2.75) is 38.8 Å². The molecule has 0 spiro atoms. The molecular weight excluding hydrogens is 230 g/mol. The van der Waals surface area contributed by atoms with Gasteiger partial charge in [0.05, 0.1) is 12.1 Å². The van der Waals surface area contributed by atoms with Crippen molar-refractivity contribution in [3.05, 3.63) is 29.3 Å². The van der Waals surface area contributed by atoms with Crippen molar-refractivity contribution in [3.63, 3.8) is 0 Å². The van der Waals surface area contributed by atoms with Crippen LogP contribution in [-0.4, -0.2) is 29.8 Å². The van der Waals surface area contributed by atoms with Gasteiger partial charge in [-0.15, -0.1) is 0 Å². The van der Waals surface area contributed by atoms with Crippen LogP contribution in [0.1, 0.15) is 35.7 Å². The van der Waals surface area contributed by atoms with Gasteiger partial charge in [0.1, 0.15) is 5.75 Å². The second-order valence-electron chi connectivity index (χ2n) is 4.69. The molecule has 1 aromatic rings. The quantitative estimate of drug-likeness (QED) is 0.861. The minimum Gasteiger partial charge on any atom is -0.508 e. The Morgan fingerprint density at radius 1 is 1.56 bits per heavy atom. The van der Waals surface area contributed by atoms with Gasteiger partial charge in [-0.3, -0.25) is 4.79 Å². The maximum Gasteiger partial charge on any atom is 0.251 e. The van der Waals surface area contributed by atoms with Crippen molar-refractivity contribution in [1.29, 1.82) is 0 Å². The highest BCUT2D eigenvalue weighted by atomic mass is 16.5. The molecule has 2 rings (SSSR count). The van der Waals surface area contributed by atoms with Crippen LogP contribution in [0.3, 0.4) is 0 Å². The van der Waals surface area contributed by atoms with Crippen molar-refractivity contribution < 1.29 is 14.6 Å². The number of phenols is 1. The van der Waals surface area contributed by atoms with E-state index in [2.05, 4.69) is 12.2 Å². The van der Waals surface area contributed by atoms with E-state index in [-0.39, 0.29) is 23.8 Å². The molecule has 1 aliphatic rings. The lowest BCUT2D eigenvalue weighted by Crippen LogP contribution is -2.40. The summed E-state index contributed by atoms with van der Waals surface area (Å²) in [6, 6.07) is 4.90. The average molecular weight is 249 g/mol. The fraction of sp³-hybridized carbons (Fsp3) is 0.500. The third-order valence-electron chi connectivity index (χ3n) is 3.39. The van der Waals surface area contributed by atoms with Gasteiger partial charge in [-0.05, 0) is 37.5 Å². The molecule has 2 atom stereocenters. The molecule has 0 aliphatic carbocycles. The highest BCUT2D eigenvalue weighted by molar-refractivity contribution is 5.96. The minimum atomic E-state index is -0.141. The number of benzene rings is 1. The molecular formula is C14H19NO3. The third kappa shape index (κ3) is 2.64. The highest BCUT2D eigenvalue weighted by Gasteiger charge is 2.28. The largest absolute Gasteiger partial charge is 0.508 e.